The Morgan fingerprint density at radius 3 is 2.89 bits per heavy atom. The maximum atomic E-state index is 13.3. The van der Waals surface area contributed by atoms with Gasteiger partial charge in [0.15, 0.2) is 0 Å². The summed E-state index contributed by atoms with van der Waals surface area (Å²) in [4.78, 5) is 0. The van der Waals surface area contributed by atoms with Crippen LogP contribution in [0.4, 0.5) is 10.4 Å². The Labute approximate surface area is 104 Å². The first-order valence-corrected chi connectivity index (χ1v) is 5.74. The van der Waals surface area contributed by atoms with Gasteiger partial charge in [-0.25, -0.2) is 4.39 Å². The molecule has 0 spiro atoms. The molecule has 0 unspecified atom stereocenters. The number of aromatic nitrogens is 2. The molecular formula is C12H15FN4O. The molecule has 1 aromatic heterocycles. The van der Waals surface area contributed by atoms with Crippen molar-refractivity contribution in [3.05, 3.63) is 41.5 Å². The molecule has 0 aliphatic heterocycles. The van der Waals surface area contributed by atoms with Crippen molar-refractivity contribution in [1.82, 2.24) is 15.5 Å². The Morgan fingerprint density at radius 2 is 2.11 bits per heavy atom. The van der Waals surface area contributed by atoms with Crippen LogP contribution < -0.4 is 10.6 Å². The lowest BCUT2D eigenvalue weighted by atomic mass is 10.1. The highest BCUT2D eigenvalue weighted by atomic mass is 19.1. The van der Waals surface area contributed by atoms with Crippen molar-refractivity contribution in [2.45, 2.75) is 13.0 Å². The molecular weight excluding hydrogens is 235 g/mol. The van der Waals surface area contributed by atoms with Gasteiger partial charge < -0.3 is 15.1 Å². The molecule has 96 valence electrons. The summed E-state index contributed by atoms with van der Waals surface area (Å²) in [5.74, 6) is 0.326. The van der Waals surface area contributed by atoms with Crippen LogP contribution in [0.15, 0.2) is 28.7 Å². The summed E-state index contributed by atoms with van der Waals surface area (Å²) in [6.45, 7) is 1.07. The predicted molar refractivity (Wildman–Crippen MR) is 65.7 cm³/mol. The summed E-state index contributed by atoms with van der Waals surface area (Å²) in [6.07, 6.45) is 0.566. The van der Waals surface area contributed by atoms with Crippen LogP contribution in [0.1, 0.15) is 11.5 Å². The number of anilines is 1. The van der Waals surface area contributed by atoms with Crippen LogP contribution in [0.2, 0.25) is 0 Å². The standard InChI is InChI=1S/C12H15FN4O/c1-14-8-11-16-17-12(18-11)15-7-6-9-4-2-3-5-10(9)13/h2-5,14H,6-8H2,1H3,(H,15,17). The summed E-state index contributed by atoms with van der Waals surface area (Å²) >= 11 is 0. The molecule has 18 heavy (non-hydrogen) atoms. The number of nitrogens with zero attached hydrogens (tertiary/aromatic N) is 2. The van der Waals surface area contributed by atoms with Gasteiger partial charge in [-0.2, -0.15) is 0 Å². The molecule has 0 aliphatic rings. The van der Waals surface area contributed by atoms with E-state index in [0.29, 0.717) is 37.0 Å². The van der Waals surface area contributed by atoms with Crippen LogP contribution in [-0.2, 0) is 13.0 Å². The van der Waals surface area contributed by atoms with Gasteiger partial charge in [-0.3, -0.25) is 0 Å². The highest BCUT2D eigenvalue weighted by Crippen LogP contribution is 2.08. The minimum absolute atomic E-state index is 0.194. The van der Waals surface area contributed by atoms with Crippen LogP contribution in [-0.4, -0.2) is 23.8 Å². The van der Waals surface area contributed by atoms with E-state index in [9.17, 15) is 4.39 Å². The van der Waals surface area contributed by atoms with Gasteiger partial charge in [-0.15, -0.1) is 5.10 Å². The quantitative estimate of drug-likeness (QED) is 0.815. The molecule has 6 heteroatoms. The topological polar surface area (TPSA) is 63.0 Å². The van der Waals surface area contributed by atoms with Gasteiger partial charge in [0.25, 0.3) is 0 Å². The van der Waals surface area contributed by atoms with Gasteiger partial charge in [0, 0.05) is 6.54 Å². The van der Waals surface area contributed by atoms with E-state index < -0.39 is 0 Å². The number of nitrogens with one attached hydrogen (secondary N) is 2. The molecule has 2 aromatic rings. The van der Waals surface area contributed by atoms with E-state index in [2.05, 4.69) is 20.8 Å². The number of halogens is 1. The van der Waals surface area contributed by atoms with Crippen molar-refractivity contribution in [3.8, 4) is 0 Å². The van der Waals surface area contributed by atoms with Gasteiger partial charge in [0.05, 0.1) is 6.54 Å². The van der Waals surface area contributed by atoms with E-state index in [1.54, 1.807) is 19.2 Å². The zero-order chi connectivity index (χ0) is 12.8. The second kappa shape index (κ2) is 6.11. The van der Waals surface area contributed by atoms with Crippen LogP contribution in [0.25, 0.3) is 0 Å². The molecule has 2 N–H and O–H groups in total. The molecule has 0 fully saturated rings. The van der Waals surface area contributed by atoms with E-state index in [1.807, 2.05) is 6.07 Å². The fourth-order valence-corrected chi connectivity index (χ4v) is 1.55. The number of hydrogen-bond acceptors (Lipinski definition) is 5. The Morgan fingerprint density at radius 1 is 1.28 bits per heavy atom. The molecule has 0 saturated heterocycles. The molecule has 0 radical (unpaired) electrons. The van der Waals surface area contributed by atoms with Crippen molar-refractivity contribution in [3.63, 3.8) is 0 Å². The molecule has 1 heterocycles. The van der Waals surface area contributed by atoms with E-state index in [-0.39, 0.29) is 5.82 Å². The average molecular weight is 250 g/mol. The highest BCUT2D eigenvalue weighted by molar-refractivity contribution is 5.21. The maximum absolute atomic E-state index is 13.3. The molecule has 1 aromatic carbocycles. The Kier molecular flexibility index (Phi) is 4.25. The van der Waals surface area contributed by atoms with Crippen molar-refractivity contribution in [2.24, 2.45) is 0 Å². The largest absolute Gasteiger partial charge is 0.407 e. The second-order valence-corrected chi connectivity index (χ2v) is 3.80. The lowest BCUT2D eigenvalue weighted by Crippen LogP contribution is -2.06. The zero-order valence-corrected chi connectivity index (χ0v) is 10.1. The van der Waals surface area contributed by atoms with Crippen molar-refractivity contribution < 1.29 is 8.81 Å². The molecule has 2 rings (SSSR count). The molecule has 0 atom stereocenters. The first kappa shape index (κ1) is 12.5. The number of hydrogen-bond donors (Lipinski definition) is 2. The third-order valence-corrected chi connectivity index (χ3v) is 2.42. The molecule has 0 bridgehead atoms. The van der Waals surface area contributed by atoms with Gasteiger partial charge in [-0.05, 0) is 25.1 Å². The van der Waals surface area contributed by atoms with Gasteiger partial charge in [-0.1, -0.05) is 23.3 Å². The third kappa shape index (κ3) is 3.27. The van der Waals surface area contributed by atoms with Crippen LogP contribution >= 0.6 is 0 Å². The number of benzene rings is 1. The van der Waals surface area contributed by atoms with E-state index in [4.69, 9.17) is 4.42 Å². The summed E-state index contributed by atoms with van der Waals surface area (Å²) in [5.41, 5.74) is 0.667. The minimum atomic E-state index is -0.194. The lowest BCUT2D eigenvalue weighted by molar-refractivity contribution is 0.489. The van der Waals surface area contributed by atoms with Crippen molar-refractivity contribution >= 4 is 6.01 Å². The highest BCUT2D eigenvalue weighted by Gasteiger charge is 2.05. The average Bonchev–Trinajstić information content (AvgIpc) is 2.80. The van der Waals surface area contributed by atoms with Gasteiger partial charge >= 0.3 is 6.01 Å². The van der Waals surface area contributed by atoms with E-state index in [1.165, 1.54) is 6.07 Å². The lowest BCUT2D eigenvalue weighted by Gasteiger charge is -2.02. The fraction of sp³-hybridized carbons (Fsp3) is 0.333. The molecule has 0 amide bonds. The fourth-order valence-electron chi connectivity index (χ4n) is 1.55. The summed E-state index contributed by atoms with van der Waals surface area (Å²) < 4.78 is 18.6. The predicted octanol–water partition coefficient (Wildman–Crippen LogP) is 1.58. The summed E-state index contributed by atoms with van der Waals surface area (Å²) in [7, 11) is 1.80. The van der Waals surface area contributed by atoms with Crippen molar-refractivity contribution in [1.29, 1.82) is 0 Å². The first-order chi connectivity index (χ1) is 8.79. The maximum Gasteiger partial charge on any atom is 0.315 e. The van der Waals surface area contributed by atoms with Gasteiger partial charge in [0.1, 0.15) is 5.82 Å². The van der Waals surface area contributed by atoms with E-state index >= 15 is 0 Å². The van der Waals surface area contributed by atoms with Crippen LogP contribution in [0, 0.1) is 5.82 Å². The Balaban J connectivity index is 1.83. The van der Waals surface area contributed by atoms with E-state index in [0.717, 1.165) is 0 Å². The summed E-state index contributed by atoms with van der Waals surface area (Å²) in [6, 6.07) is 7.06. The molecule has 5 nitrogen and oxygen atoms in total. The van der Waals surface area contributed by atoms with Crippen molar-refractivity contribution in [2.75, 3.05) is 18.9 Å². The minimum Gasteiger partial charge on any atom is -0.407 e. The molecule has 0 saturated carbocycles. The third-order valence-electron chi connectivity index (χ3n) is 2.42. The molecule has 0 aliphatic carbocycles. The zero-order valence-electron chi connectivity index (χ0n) is 10.1. The van der Waals surface area contributed by atoms with Crippen LogP contribution in [0.5, 0.6) is 0 Å². The first-order valence-electron chi connectivity index (χ1n) is 5.74. The normalized spacial score (nSPS) is 10.6. The second-order valence-electron chi connectivity index (χ2n) is 3.80. The monoisotopic (exact) mass is 250 g/mol. The summed E-state index contributed by atoms with van der Waals surface area (Å²) in [5, 5.41) is 13.5. The SMILES string of the molecule is CNCc1nnc(NCCc2ccccc2F)o1. The van der Waals surface area contributed by atoms with Crippen LogP contribution in [0.3, 0.4) is 0 Å². The smallest absolute Gasteiger partial charge is 0.315 e. The Bertz CT molecular complexity index is 500. The van der Waals surface area contributed by atoms with Gasteiger partial charge in [0.2, 0.25) is 5.89 Å². The Hall–Kier alpha value is -1.95. The number of rotatable bonds is 6.